The highest BCUT2D eigenvalue weighted by Gasteiger charge is 2.44. The highest BCUT2D eigenvalue weighted by Crippen LogP contribution is 2.41. The Balaban J connectivity index is 0.000000980. The second-order valence-corrected chi connectivity index (χ2v) is 3.76. The van der Waals surface area contributed by atoms with E-state index in [1.807, 2.05) is 18.2 Å². The van der Waals surface area contributed by atoms with Gasteiger partial charge in [0, 0.05) is 0 Å². The molecule has 1 aromatic carbocycles. The maximum Gasteiger partial charge on any atom is 0.107 e. The lowest BCUT2D eigenvalue weighted by Gasteiger charge is -2.24. The fourth-order valence-corrected chi connectivity index (χ4v) is 1.90. The topological polar surface area (TPSA) is 66.5 Å². The summed E-state index contributed by atoms with van der Waals surface area (Å²) < 4.78 is 0. The van der Waals surface area contributed by atoms with Gasteiger partial charge in [-0.1, -0.05) is 31.7 Å². The van der Waals surface area contributed by atoms with Crippen LogP contribution in [0.15, 0.2) is 24.3 Å². The number of hydrogen-bond acceptors (Lipinski definition) is 3. The van der Waals surface area contributed by atoms with Crippen LogP contribution in [0.5, 0.6) is 0 Å². The molecule has 0 spiro atoms. The van der Waals surface area contributed by atoms with Gasteiger partial charge >= 0.3 is 0 Å². The summed E-state index contributed by atoms with van der Waals surface area (Å²) in [6.07, 6.45) is -1.77. The number of aliphatic hydroxyl groups excluding tert-OH is 2. The van der Waals surface area contributed by atoms with E-state index >= 15 is 0 Å². The zero-order valence-corrected chi connectivity index (χ0v) is 7.44. The summed E-state index contributed by atoms with van der Waals surface area (Å²) in [7, 11) is 0. The van der Waals surface area contributed by atoms with Crippen LogP contribution < -0.4 is 5.73 Å². The third-order valence-electron chi connectivity index (χ3n) is 2.77. The molecule has 0 heterocycles. The Morgan fingerprint density at radius 1 is 1.29 bits per heavy atom. The molecule has 0 unspecified atom stereocenters. The zero-order chi connectivity index (χ0) is 9.64. The van der Waals surface area contributed by atoms with Gasteiger partial charge in [0.15, 0.2) is 0 Å². The molecule has 0 radical (unpaired) electrons. The van der Waals surface area contributed by atoms with Gasteiger partial charge in [0.25, 0.3) is 0 Å². The average molecular weight is 195 g/mol. The Morgan fingerprint density at radius 2 is 1.86 bits per heavy atom. The lowest BCUT2D eigenvalue weighted by molar-refractivity contribution is -0.00839. The standard InChI is InChI=1S/C10H13NO2.CH4/c1-10(11)7-5-3-2-4-6(7)8(12)9(10)13;/h2-5,8-9,12-13H,11H2,1H3;1H4/t8-,9-,10+;/m0./s1. The molecule has 14 heavy (non-hydrogen) atoms. The first-order valence-corrected chi connectivity index (χ1v) is 4.29. The second kappa shape index (κ2) is 3.35. The molecule has 2 rings (SSSR count). The quantitative estimate of drug-likeness (QED) is 0.576. The third-order valence-corrected chi connectivity index (χ3v) is 2.77. The number of nitrogens with two attached hydrogens (primary N) is 1. The summed E-state index contributed by atoms with van der Waals surface area (Å²) in [5.41, 5.74) is 6.64. The van der Waals surface area contributed by atoms with E-state index in [-0.39, 0.29) is 7.43 Å². The van der Waals surface area contributed by atoms with Crippen molar-refractivity contribution in [3.05, 3.63) is 35.4 Å². The van der Waals surface area contributed by atoms with Gasteiger partial charge in [-0.3, -0.25) is 0 Å². The van der Waals surface area contributed by atoms with Crippen LogP contribution in [0.2, 0.25) is 0 Å². The van der Waals surface area contributed by atoms with Crippen molar-refractivity contribution in [1.29, 1.82) is 0 Å². The van der Waals surface area contributed by atoms with Gasteiger partial charge in [-0.05, 0) is 18.1 Å². The van der Waals surface area contributed by atoms with E-state index in [9.17, 15) is 10.2 Å². The number of rotatable bonds is 0. The molecular formula is C11H17NO2. The van der Waals surface area contributed by atoms with Gasteiger partial charge in [-0.15, -0.1) is 0 Å². The normalized spacial score (nSPS) is 34.9. The first-order valence-electron chi connectivity index (χ1n) is 4.29. The Hall–Kier alpha value is -0.900. The first kappa shape index (κ1) is 11.2. The van der Waals surface area contributed by atoms with Gasteiger partial charge in [0.05, 0.1) is 5.54 Å². The van der Waals surface area contributed by atoms with Crippen molar-refractivity contribution >= 4 is 0 Å². The van der Waals surface area contributed by atoms with Crippen molar-refractivity contribution in [1.82, 2.24) is 0 Å². The molecule has 78 valence electrons. The van der Waals surface area contributed by atoms with Crippen LogP contribution >= 0.6 is 0 Å². The van der Waals surface area contributed by atoms with Crippen LogP contribution in [0.3, 0.4) is 0 Å². The van der Waals surface area contributed by atoms with Gasteiger partial charge in [-0.25, -0.2) is 0 Å². The minimum Gasteiger partial charge on any atom is -0.388 e. The lowest BCUT2D eigenvalue weighted by Crippen LogP contribution is -2.42. The average Bonchev–Trinajstić information content (AvgIpc) is 2.30. The molecule has 3 heteroatoms. The maximum atomic E-state index is 9.67. The summed E-state index contributed by atoms with van der Waals surface area (Å²) >= 11 is 0. The molecule has 0 amide bonds. The van der Waals surface area contributed by atoms with Gasteiger partial charge in [0.1, 0.15) is 12.2 Å². The third kappa shape index (κ3) is 1.25. The molecule has 0 aromatic heterocycles. The monoisotopic (exact) mass is 195 g/mol. The van der Waals surface area contributed by atoms with E-state index in [2.05, 4.69) is 0 Å². The Labute approximate surface area is 84.2 Å². The van der Waals surface area contributed by atoms with Gasteiger partial charge in [0.2, 0.25) is 0 Å². The van der Waals surface area contributed by atoms with Crippen LogP contribution in [0.1, 0.15) is 31.6 Å². The molecular weight excluding hydrogens is 178 g/mol. The molecule has 3 nitrogen and oxygen atoms in total. The summed E-state index contributed by atoms with van der Waals surface area (Å²) in [5, 5.41) is 19.3. The van der Waals surface area contributed by atoms with Crippen LogP contribution in [-0.4, -0.2) is 16.3 Å². The first-order chi connectivity index (χ1) is 6.05. The van der Waals surface area contributed by atoms with E-state index in [1.54, 1.807) is 13.0 Å². The Bertz CT molecular complexity index is 336. The number of hydrogen-bond donors (Lipinski definition) is 3. The fourth-order valence-electron chi connectivity index (χ4n) is 1.90. The predicted molar refractivity (Wildman–Crippen MR) is 55.7 cm³/mol. The summed E-state index contributed by atoms with van der Waals surface area (Å²) in [5.74, 6) is 0. The van der Waals surface area contributed by atoms with Gasteiger partial charge in [-0.2, -0.15) is 0 Å². The highest BCUT2D eigenvalue weighted by molar-refractivity contribution is 5.41. The molecule has 4 N–H and O–H groups in total. The SMILES string of the molecule is C.C[C@@]1(N)c2ccccc2[C@H](O)[C@@H]1O. The van der Waals surface area contributed by atoms with E-state index < -0.39 is 17.7 Å². The molecule has 0 bridgehead atoms. The van der Waals surface area contributed by atoms with Crippen molar-refractivity contribution in [2.75, 3.05) is 0 Å². The second-order valence-electron chi connectivity index (χ2n) is 3.76. The summed E-state index contributed by atoms with van der Waals surface area (Å²) in [4.78, 5) is 0. The summed E-state index contributed by atoms with van der Waals surface area (Å²) in [6.45, 7) is 1.73. The van der Waals surface area contributed by atoms with Gasteiger partial charge < -0.3 is 15.9 Å². The minimum atomic E-state index is -0.912. The molecule has 0 saturated heterocycles. The Kier molecular flexibility index (Phi) is 2.67. The molecule has 1 aromatic rings. The molecule has 1 aliphatic rings. The molecule has 0 fully saturated rings. The van der Waals surface area contributed by atoms with Crippen LogP contribution in [-0.2, 0) is 5.54 Å². The van der Waals surface area contributed by atoms with Crippen molar-refractivity contribution in [3.8, 4) is 0 Å². The minimum absolute atomic E-state index is 0. The number of fused-ring (bicyclic) bond motifs is 1. The molecule has 0 saturated carbocycles. The molecule has 1 aliphatic carbocycles. The van der Waals surface area contributed by atoms with Crippen molar-refractivity contribution < 1.29 is 10.2 Å². The largest absolute Gasteiger partial charge is 0.388 e. The van der Waals surface area contributed by atoms with Crippen molar-refractivity contribution in [3.63, 3.8) is 0 Å². The van der Waals surface area contributed by atoms with Crippen LogP contribution in [0.25, 0.3) is 0 Å². The van der Waals surface area contributed by atoms with E-state index in [1.165, 1.54) is 0 Å². The van der Waals surface area contributed by atoms with Crippen molar-refractivity contribution in [2.24, 2.45) is 5.73 Å². The van der Waals surface area contributed by atoms with E-state index in [0.717, 1.165) is 11.1 Å². The maximum absolute atomic E-state index is 9.67. The fraction of sp³-hybridized carbons (Fsp3) is 0.455. The predicted octanol–water partition coefficient (Wildman–Crippen LogP) is 0.904. The van der Waals surface area contributed by atoms with Crippen molar-refractivity contribution in [2.45, 2.75) is 32.1 Å². The lowest BCUT2D eigenvalue weighted by atomic mass is 9.94. The number of aliphatic hydroxyl groups is 2. The molecule has 0 aliphatic heterocycles. The van der Waals surface area contributed by atoms with Crippen LogP contribution in [0.4, 0.5) is 0 Å². The smallest absolute Gasteiger partial charge is 0.107 e. The number of benzene rings is 1. The zero-order valence-electron chi connectivity index (χ0n) is 7.44. The van der Waals surface area contributed by atoms with E-state index in [4.69, 9.17) is 5.73 Å². The Morgan fingerprint density at radius 3 is 2.43 bits per heavy atom. The summed E-state index contributed by atoms with van der Waals surface area (Å²) in [6, 6.07) is 7.32. The van der Waals surface area contributed by atoms with E-state index in [0.29, 0.717) is 0 Å². The van der Waals surface area contributed by atoms with Crippen LogP contribution in [0, 0.1) is 0 Å². The highest BCUT2D eigenvalue weighted by atomic mass is 16.3. The molecule has 3 atom stereocenters.